The topological polar surface area (TPSA) is 78.1 Å². The monoisotopic (exact) mass is 426 g/mol. The molecule has 0 spiro atoms. The van der Waals surface area contributed by atoms with E-state index in [-0.39, 0.29) is 24.7 Å². The third-order valence-corrected chi connectivity index (χ3v) is 5.38. The zero-order valence-electron chi connectivity index (χ0n) is 17.7. The number of para-hydroxylation sites is 2. The number of rotatable bonds is 10. The molecule has 0 aliphatic carbocycles. The summed E-state index contributed by atoms with van der Waals surface area (Å²) in [6, 6.07) is 15.0. The van der Waals surface area contributed by atoms with Crippen LogP contribution in [0.15, 0.2) is 48.5 Å². The standard InChI is InChI=1S/C24H30N2O5/c27-24(26-22-7-1-2-8-23(22)31-17-21-6-4-14-29-21)15-25-18-9-11-19(12-10-18)30-16-20-5-3-13-28-20/h1-2,7-12,20-21,25H,3-6,13-17H2,(H,26,27). The minimum Gasteiger partial charge on any atom is -0.491 e. The third kappa shape index (κ3) is 6.60. The highest BCUT2D eigenvalue weighted by Crippen LogP contribution is 2.25. The Morgan fingerprint density at radius 3 is 2.26 bits per heavy atom. The number of ether oxygens (including phenoxy) is 4. The first-order valence-corrected chi connectivity index (χ1v) is 11.0. The number of carbonyl (C=O) groups is 1. The lowest BCUT2D eigenvalue weighted by Crippen LogP contribution is -2.22. The summed E-state index contributed by atoms with van der Waals surface area (Å²) in [5.74, 6) is 1.30. The fourth-order valence-corrected chi connectivity index (χ4v) is 3.66. The first-order valence-electron chi connectivity index (χ1n) is 11.0. The van der Waals surface area contributed by atoms with E-state index < -0.39 is 0 Å². The van der Waals surface area contributed by atoms with Gasteiger partial charge in [-0.3, -0.25) is 4.79 Å². The van der Waals surface area contributed by atoms with Crippen molar-refractivity contribution in [1.29, 1.82) is 0 Å². The van der Waals surface area contributed by atoms with Crippen LogP contribution in [-0.4, -0.2) is 51.1 Å². The van der Waals surface area contributed by atoms with Crippen molar-refractivity contribution in [2.45, 2.75) is 37.9 Å². The molecule has 1 amide bonds. The van der Waals surface area contributed by atoms with E-state index in [2.05, 4.69) is 10.6 Å². The second kappa shape index (κ2) is 11.0. The number of carbonyl (C=O) groups excluding carboxylic acids is 1. The molecule has 7 nitrogen and oxygen atoms in total. The summed E-state index contributed by atoms with van der Waals surface area (Å²) in [5, 5.41) is 6.05. The molecule has 2 aliphatic rings. The molecule has 2 N–H and O–H groups in total. The van der Waals surface area contributed by atoms with E-state index in [1.807, 2.05) is 48.5 Å². The molecule has 2 aromatic rings. The summed E-state index contributed by atoms with van der Waals surface area (Å²) in [6.45, 7) is 2.83. The van der Waals surface area contributed by atoms with Gasteiger partial charge in [0.25, 0.3) is 0 Å². The average Bonchev–Trinajstić information content (AvgIpc) is 3.51. The quantitative estimate of drug-likeness (QED) is 0.601. The van der Waals surface area contributed by atoms with Crippen LogP contribution in [0.3, 0.4) is 0 Å². The zero-order valence-corrected chi connectivity index (χ0v) is 17.7. The van der Waals surface area contributed by atoms with Gasteiger partial charge in [0.05, 0.1) is 24.4 Å². The van der Waals surface area contributed by atoms with Crippen LogP contribution in [0.1, 0.15) is 25.7 Å². The molecule has 0 bridgehead atoms. The Kier molecular flexibility index (Phi) is 7.63. The van der Waals surface area contributed by atoms with Gasteiger partial charge < -0.3 is 29.6 Å². The molecule has 0 radical (unpaired) electrons. The Hall–Kier alpha value is -2.77. The van der Waals surface area contributed by atoms with Crippen LogP contribution < -0.4 is 20.1 Å². The van der Waals surface area contributed by atoms with Crippen LogP contribution >= 0.6 is 0 Å². The summed E-state index contributed by atoms with van der Waals surface area (Å²) in [6.07, 6.45) is 4.56. The van der Waals surface area contributed by atoms with Gasteiger partial charge in [0.1, 0.15) is 24.7 Å². The number of nitrogens with one attached hydrogen (secondary N) is 2. The van der Waals surface area contributed by atoms with Gasteiger partial charge in [-0.15, -0.1) is 0 Å². The number of hydrogen-bond acceptors (Lipinski definition) is 6. The smallest absolute Gasteiger partial charge is 0.243 e. The van der Waals surface area contributed by atoms with Crippen molar-refractivity contribution in [2.75, 3.05) is 43.6 Å². The van der Waals surface area contributed by atoms with E-state index in [1.165, 1.54) is 0 Å². The van der Waals surface area contributed by atoms with Gasteiger partial charge >= 0.3 is 0 Å². The molecule has 4 rings (SSSR count). The molecule has 2 aromatic carbocycles. The van der Waals surface area contributed by atoms with Crippen LogP contribution in [0.5, 0.6) is 11.5 Å². The maximum Gasteiger partial charge on any atom is 0.243 e. The number of amides is 1. The molecule has 2 saturated heterocycles. The van der Waals surface area contributed by atoms with Crippen molar-refractivity contribution < 1.29 is 23.7 Å². The lowest BCUT2D eigenvalue weighted by molar-refractivity contribution is -0.114. The van der Waals surface area contributed by atoms with E-state index in [0.717, 1.165) is 50.3 Å². The van der Waals surface area contributed by atoms with Crippen molar-refractivity contribution in [2.24, 2.45) is 0 Å². The lowest BCUT2D eigenvalue weighted by atomic mass is 10.2. The second-order valence-electron chi connectivity index (χ2n) is 7.81. The maximum absolute atomic E-state index is 12.4. The van der Waals surface area contributed by atoms with Crippen molar-refractivity contribution >= 4 is 17.3 Å². The third-order valence-electron chi connectivity index (χ3n) is 5.38. The van der Waals surface area contributed by atoms with E-state index in [4.69, 9.17) is 18.9 Å². The molecule has 7 heteroatoms. The van der Waals surface area contributed by atoms with Gasteiger partial charge in [-0.05, 0) is 62.1 Å². The molecule has 2 unspecified atom stereocenters. The van der Waals surface area contributed by atoms with Crippen LogP contribution in [0.4, 0.5) is 11.4 Å². The normalized spacial score (nSPS) is 20.4. The largest absolute Gasteiger partial charge is 0.491 e. The van der Waals surface area contributed by atoms with Gasteiger partial charge in [0.15, 0.2) is 0 Å². The van der Waals surface area contributed by atoms with Crippen LogP contribution in [0, 0.1) is 0 Å². The summed E-state index contributed by atoms with van der Waals surface area (Å²) in [4.78, 5) is 12.4. The van der Waals surface area contributed by atoms with E-state index in [9.17, 15) is 4.79 Å². The van der Waals surface area contributed by atoms with E-state index >= 15 is 0 Å². The van der Waals surface area contributed by atoms with E-state index in [0.29, 0.717) is 24.7 Å². The Balaban J connectivity index is 1.21. The number of benzene rings is 2. The highest BCUT2D eigenvalue weighted by atomic mass is 16.5. The molecule has 0 saturated carbocycles. The van der Waals surface area contributed by atoms with Gasteiger partial charge in [0.2, 0.25) is 5.91 Å². The van der Waals surface area contributed by atoms with Gasteiger partial charge in [0, 0.05) is 18.9 Å². The highest BCUT2D eigenvalue weighted by molar-refractivity contribution is 5.95. The summed E-state index contributed by atoms with van der Waals surface area (Å²) >= 11 is 0. The fraction of sp³-hybridized carbons (Fsp3) is 0.458. The summed E-state index contributed by atoms with van der Waals surface area (Å²) in [7, 11) is 0. The van der Waals surface area contributed by atoms with Crippen molar-refractivity contribution in [1.82, 2.24) is 0 Å². The van der Waals surface area contributed by atoms with Crippen molar-refractivity contribution in [3.8, 4) is 11.5 Å². The van der Waals surface area contributed by atoms with Gasteiger partial charge in [-0.1, -0.05) is 12.1 Å². The highest BCUT2D eigenvalue weighted by Gasteiger charge is 2.17. The minimum atomic E-state index is -0.146. The molecule has 0 aromatic heterocycles. The SMILES string of the molecule is O=C(CNc1ccc(OCC2CCCO2)cc1)Nc1ccccc1OCC1CCCO1. The Bertz CT molecular complexity index is 830. The first kappa shape index (κ1) is 21.5. The Morgan fingerprint density at radius 1 is 0.903 bits per heavy atom. The first-order chi connectivity index (χ1) is 15.3. The van der Waals surface area contributed by atoms with Gasteiger partial charge in [-0.2, -0.15) is 0 Å². The predicted molar refractivity (Wildman–Crippen MR) is 119 cm³/mol. The minimum absolute atomic E-state index is 0.128. The Labute approximate surface area is 183 Å². The van der Waals surface area contributed by atoms with Crippen LogP contribution in [0.2, 0.25) is 0 Å². The molecule has 2 fully saturated rings. The van der Waals surface area contributed by atoms with Crippen LogP contribution in [-0.2, 0) is 14.3 Å². The lowest BCUT2D eigenvalue weighted by Gasteiger charge is -2.15. The number of hydrogen-bond donors (Lipinski definition) is 2. The van der Waals surface area contributed by atoms with Crippen molar-refractivity contribution in [3.05, 3.63) is 48.5 Å². The van der Waals surface area contributed by atoms with Crippen LogP contribution in [0.25, 0.3) is 0 Å². The Morgan fingerprint density at radius 2 is 1.58 bits per heavy atom. The van der Waals surface area contributed by atoms with E-state index in [1.54, 1.807) is 0 Å². The molecule has 166 valence electrons. The molecular weight excluding hydrogens is 396 g/mol. The molecular formula is C24H30N2O5. The molecule has 31 heavy (non-hydrogen) atoms. The summed E-state index contributed by atoms with van der Waals surface area (Å²) < 4.78 is 22.8. The number of anilines is 2. The molecule has 2 heterocycles. The summed E-state index contributed by atoms with van der Waals surface area (Å²) in [5.41, 5.74) is 1.51. The predicted octanol–water partition coefficient (Wildman–Crippen LogP) is 3.85. The maximum atomic E-state index is 12.4. The van der Waals surface area contributed by atoms with Gasteiger partial charge in [-0.25, -0.2) is 0 Å². The molecule has 2 atom stereocenters. The molecule has 2 aliphatic heterocycles. The van der Waals surface area contributed by atoms with Crippen molar-refractivity contribution in [3.63, 3.8) is 0 Å². The average molecular weight is 427 g/mol. The fourth-order valence-electron chi connectivity index (χ4n) is 3.66. The second-order valence-corrected chi connectivity index (χ2v) is 7.81. The zero-order chi connectivity index (χ0) is 21.3.